The molecule has 2 aromatic rings. The van der Waals surface area contributed by atoms with E-state index in [9.17, 15) is 0 Å². The van der Waals surface area contributed by atoms with Crippen LogP contribution in [0.4, 0.5) is 5.82 Å². The minimum absolute atomic E-state index is 0.298. The summed E-state index contributed by atoms with van der Waals surface area (Å²) in [7, 11) is 0. The molecule has 3 N–H and O–H groups in total. The fourth-order valence-corrected chi connectivity index (χ4v) is 1.37. The number of nitrogens with zero attached hydrogens (tertiary/aromatic N) is 1. The van der Waals surface area contributed by atoms with Crippen LogP contribution in [0.25, 0.3) is 0 Å². The molecule has 4 nitrogen and oxygen atoms in total. The lowest BCUT2D eigenvalue weighted by Gasteiger charge is -2.05. The first kappa shape index (κ1) is 10.6. The van der Waals surface area contributed by atoms with Gasteiger partial charge in [0.2, 0.25) is 0 Å². The zero-order chi connectivity index (χ0) is 11.4. The maximum Gasteiger partial charge on any atom is 0.127 e. The normalized spacial score (nSPS) is 10.0. The van der Waals surface area contributed by atoms with Crippen LogP contribution in [-0.2, 0) is 6.54 Å². The van der Waals surface area contributed by atoms with E-state index in [-0.39, 0.29) is 0 Å². The molecule has 82 valence electrons. The molecule has 0 radical (unpaired) electrons. The van der Waals surface area contributed by atoms with Gasteiger partial charge in [0.05, 0.1) is 18.2 Å². The molecule has 0 amide bonds. The van der Waals surface area contributed by atoms with Crippen LogP contribution in [0.1, 0.15) is 11.3 Å². The number of rotatable bonds is 4. The molecule has 16 heavy (non-hydrogen) atoms. The largest absolute Gasteiger partial charge is 0.472 e. The summed E-state index contributed by atoms with van der Waals surface area (Å²) in [6.45, 7) is 0.657. The first-order chi connectivity index (χ1) is 7.75. The van der Waals surface area contributed by atoms with Gasteiger partial charge in [0.25, 0.3) is 0 Å². The second kappa shape index (κ2) is 4.76. The van der Waals surface area contributed by atoms with E-state index in [0.29, 0.717) is 17.2 Å². The highest BCUT2D eigenvalue weighted by molar-refractivity contribution is 7.80. The van der Waals surface area contributed by atoms with Crippen molar-refractivity contribution in [1.82, 2.24) is 4.98 Å². The van der Waals surface area contributed by atoms with E-state index < -0.39 is 0 Å². The number of hydrogen-bond donors (Lipinski definition) is 2. The number of anilines is 1. The number of furan rings is 1. The summed E-state index contributed by atoms with van der Waals surface area (Å²) < 4.78 is 4.96. The predicted octanol–water partition coefficient (Wildman–Crippen LogP) is 1.92. The van der Waals surface area contributed by atoms with Gasteiger partial charge >= 0.3 is 0 Å². The van der Waals surface area contributed by atoms with Gasteiger partial charge in [0.15, 0.2) is 0 Å². The number of aromatic nitrogens is 1. The van der Waals surface area contributed by atoms with Gasteiger partial charge in [-0.3, -0.25) is 0 Å². The summed E-state index contributed by atoms with van der Waals surface area (Å²) in [6.07, 6.45) is 3.32. The average molecular weight is 233 g/mol. The SMILES string of the molecule is NC(=S)c1cccc(NCc2ccoc2)n1. The van der Waals surface area contributed by atoms with Gasteiger partial charge in [-0.05, 0) is 18.2 Å². The van der Waals surface area contributed by atoms with Crippen molar-refractivity contribution in [3.8, 4) is 0 Å². The first-order valence-corrected chi connectivity index (χ1v) is 5.18. The van der Waals surface area contributed by atoms with Crippen LogP contribution in [0, 0.1) is 0 Å². The number of nitrogens with two attached hydrogens (primary N) is 1. The van der Waals surface area contributed by atoms with Gasteiger partial charge < -0.3 is 15.5 Å². The fourth-order valence-electron chi connectivity index (χ4n) is 1.26. The Kier molecular flexibility index (Phi) is 3.16. The number of nitrogens with one attached hydrogen (secondary N) is 1. The molecular formula is C11H11N3OS. The van der Waals surface area contributed by atoms with Crippen molar-refractivity contribution in [2.45, 2.75) is 6.54 Å². The topological polar surface area (TPSA) is 64.1 Å². The third-order valence-corrected chi connectivity index (χ3v) is 2.26. The number of pyridine rings is 1. The Morgan fingerprint density at radius 2 is 2.31 bits per heavy atom. The Labute approximate surface area is 98.5 Å². The molecule has 0 bridgehead atoms. The molecule has 0 spiro atoms. The van der Waals surface area contributed by atoms with E-state index in [0.717, 1.165) is 11.4 Å². The molecule has 0 atom stereocenters. The summed E-state index contributed by atoms with van der Waals surface area (Å²) in [5, 5.41) is 3.16. The van der Waals surface area contributed by atoms with Crippen molar-refractivity contribution >= 4 is 23.0 Å². The molecule has 0 unspecified atom stereocenters. The summed E-state index contributed by atoms with van der Waals surface area (Å²) in [5.41, 5.74) is 7.18. The van der Waals surface area contributed by atoms with Gasteiger partial charge in [-0.1, -0.05) is 18.3 Å². The van der Waals surface area contributed by atoms with E-state index in [1.165, 1.54) is 0 Å². The third-order valence-electron chi connectivity index (χ3n) is 2.06. The quantitative estimate of drug-likeness (QED) is 0.790. The third kappa shape index (κ3) is 2.58. The number of hydrogen-bond acceptors (Lipinski definition) is 4. The molecular weight excluding hydrogens is 222 g/mol. The lowest BCUT2D eigenvalue weighted by molar-refractivity contribution is 0.564. The van der Waals surface area contributed by atoms with Crippen molar-refractivity contribution in [2.75, 3.05) is 5.32 Å². The maximum absolute atomic E-state index is 5.50. The Hall–Kier alpha value is -1.88. The second-order valence-electron chi connectivity index (χ2n) is 3.26. The molecule has 0 aliphatic carbocycles. The smallest absolute Gasteiger partial charge is 0.127 e. The molecule has 2 heterocycles. The first-order valence-electron chi connectivity index (χ1n) is 4.77. The van der Waals surface area contributed by atoms with Crippen molar-refractivity contribution in [3.05, 3.63) is 48.0 Å². The summed E-state index contributed by atoms with van der Waals surface area (Å²) in [4.78, 5) is 4.56. The molecule has 2 aromatic heterocycles. The van der Waals surface area contributed by atoms with Gasteiger partial charge in [0, 0.05) is 12.1 Å². The molecule has 0 saturated heterocycles. The van der Waals surface area contributed by atoms with Crippen molar-refractivity contribution in [3.63, 3.8) is 0 Å². The van der Waals surface area contributed by atoms with E-state index in [1.807, 2.05) is 18.2 Å². The van der Waals surface area contributed by atoms with E-state index >= 15 is 0 Å². The lowest BCUT2D eigenvalue weighted by atomic mass is 10.3. The summed E-state index contributed by atoms with van der Waals surface area (Å²) in [5.74, 6) is 0.742. The summed E-state index contributed by atoms with van der Waals surface area (Å²) in [6, 6.07) is 7.40. The monoisotopic (exact) mass is 233 g/mol. The van der Waals surface area contributed by atoms with Crippen LogP contribution >= 0.6 is 12.2 Å². The zero-order valence-corrected chi connectivity index (χ0v) is 9.33. The molecule has 2 rings (SSSR count). The van der Waals surface area contributed by atoms with Crippen LogP contribution < -0.4 is 11.1 Å². The molecule has 0 aliphatic rings. The van der Waals surface area contributed by atoms with Gasteiger partial charge in [0.1, 0.15) is 10.8 Å². The summed E-state index contributed by atoms with van der Waals surface area (Å²) >= 11 is 4.86. The van der Waals surface area contributed by atoms with E-state index in [1.54, 1.807) is 18.6 Å². The molecule has 0 saturated carbocycles. The Morgan fingerprint density at radius 3 is 3.00 bits per heavy atom. The van der Waals surface area contributed by atoms with Crippen LogP contribution in [0.2, 0.25) is 0 Å². The van der Waals surface area contributed by atoms with Crippen LogP contribution in [0.3, 0.4) is 0 Å². The highest BCUT2D eigenvalue weighted by Gasteiger charge is 2.00. The van der Waals surface area contributed by atoms with Crippen molar-refractivity contribution in [2.24, 2.45) is 5.73 Å². The van der Waals surface area contributed by atoms with E-state index in [4.69, 9.17) is 22.4 Å². The van der Waals surface area contributed by atoms with Crippen LogP contribution in [0.5, 0.6) is 0 Å². The highest BCUT2D eigenvalue weighted by atomic mass is 32.1. The number of thiocarbonyl (C=S) groups is 1. The average Bonchev–Trinajstić information content (AvgIpc) is 2.79. The zero-order valence-electron chi connectivity index (χ0n) is 8.51. The van der Waals surface area contributed by atoms with Crippen LogP contribution in [-0.4, -0.2) is 9.97 Å². The van der Waals surface area contributed by atoms with Gasteiger partial charge in [-0.2, -0.15) is 0 Å². The second-order valence-corrected chi connectivity index (χ2v) is 3.70. The highest BCUT2D eigenvalue weighted by Crippen LogP contribution is 2.07. The molecule has 5 heteroatoms. The molecule has 0 fully saturated rings. The van der Waals surface area contributed by atoms with Gasteiger partial charge in [-0.25, -0.2) is 4.98 Å². The van der Waals surface area contributed by atoms with Gasteiger partial charge in [-0.15, -0.1) is 0 Å². The van der Waals surface area contributed by atoms with E-state index in [2.05, 4.69) is 10.3 Å². The fraction of sp³-hybridized carbons (Fsp3) is 0.0909. The Morgan fingerprint density at radius 1 is 1.44 bits per heavy atom. The molecule has 0 aromatic carbocycles. The maximum atomic E-state index is 5.50. The van der Waals surface area contributed by atoms with Crippen molar-refractivity contribution < 1.29 is 4.42 Å². The standard InChI is InChI=1S/C11H11N3OS/c12-11(16)9-2-1-3-10(14-9)13-6-8-4-5-15-7-8/h1-5,7H,6H2,(H2,12,16)(H,13,14). The minimum atomic E-state index is 0.298. The van der Waals surface area contributed by atoms with Crippen LogP contribution in [0.15, 0.2) is 41.2 Å². The molecule has 0 aliphatic heterocycles. The Balaban J connectivity index is 2.04. The van der Waals surface area contributed by atoms with Crippen molar-refractivity contribution in [1.29, 1.82) is 0 Å². The minimum Gasteiger partial charge on any atom is -0.472 e. The Bertz CT molecular complexity index is 482. The lowest BCUT2D eigenvalue weighted by Crippen LogP contribution is -2.12. The predicted molar refractivity (Wildman–Crippen MR) is 66.2 cm³/mol.